The number of nitrogens with one attached hydrogen (secondary N) is 1. The molecule has 0 atom stereocenters. The van der Waals surface area contributed by atoms with Gasteiger partial charge in [-0.15, -0.1) is 0 Å². The number of furan rings is 1. The summed E-state index contributed by atoms with van der Waals surface area (Å²) in [5.41, 5.74) is 3.09. The lowest BCUT2D eigenvalue weighted by Crippen LogP contribution is -2.12. The summed E-state index contributed by atoms with van der Waals surface area (Å²) < 4.78 is 12.5. The molecule has 0 unspecified atom stereocenters. The number of carbonyl (C=O) groups is 1. The first-order valence-corrected chi connectivity index (χ1v) is 9.51. The number of pyridine rings is 1. The van der Waals surface area contributed by atoms with E-state index in [0.717, 1.165) is 21.0 Å². The van der Waals surface area contributed by atoms with E-state index in [-0.39, 0.29) is 5.91 Å². The van der Waals surface area contributed by atoms with Gasteiger partial charge in [0.2, 0.25) is 0 Å². The van der Waals surface area contributed by atoms with Gasteiger partial charge in [0.25, 0.3) is 5.91 Å². The highest BCUT2D eigenvalue weighted by molar-refractivity contribution is 9.10. The molecule has 0 saturated heterocycles. The number of fused-ring (bicyclic) bond motifs is 1. The van der Waals surface area contributed by atoms with Crippen LogP contribution in [-0.2, 0) is 6.61 Å². The van der Waals surface area contributed by atoms with Gasteiger partial charge in [-0.3, -0.25) is 9.78 Å². The summed E-state index contributed by atoms with van der Waals surface area (Å²) in [6.45, 7) is 2.28. The molecule has 4 aromatic rings. The van der Waals surface area contributed by atoms with E-state index in [9.17, 15) is 4.79 Å². The fourth-order valence-electron chi connectivity index (χ4n) is 2.91. The lowest BCUT2D eigenvalue weighted by molar-refractivity contribution is 0.0998. The van der Waals surface area contributed by atoms with Crippen molar-refractivity contribution in [2.75, 3.05) is 5.32 Å². The Morgan fingerprint density at radius 2 is 2.07 bits per heavy atom. The normalized spacial score (nSPS) is 10.8. The quantitative estimate of drug-likeness (QED) is 0.433. The number of nitrogens with zero attached hydrogens (tertiary/aromatic N) is 1. The summed E-state index contributed by atoms with van der Waals surface area (Å²) in [4.78, 5) is 16.8. The minimum absolute atomic E-state index is 0.297. The Morgan fingerprint density at radius 1 is 1.18 bits per heavy atom. The topological polar surface area (TPSA) is 64.4 Å². The van der Waals surface area contributed by atoms with E-state index in [1.54, 1.807) is 18.5 Å². The largest absolute Gasteiger partial charge is 0.489 e. The summed E-state index contributed by atoms with van der Waals surface area (Å²) in [6, 6.07) is 16.7. The molecule has 140 valence electrons. The summed E-state index contributed by atoms with van der Waals surface area (Å²) in [5.74, 6) is 0.663. The third-order valence-electron chi connectivity index (χ3n) is 4.32. The van der Waals surface area contributed by atoms with Crippen molar-refractivity contribution >= 4 is 38.5 Å². The average molecular weight is 437 g/mol. The van der Waals surface area contributed by atoms with Crippen LogP contribution in [0.5, 0.6) is 5.75 Å². The number of aromatic nitrogens is 1. The number of benzene rings is 2. The molecule has 1 amide bonds. The Kier molecular flexibility index (Phi) is 5.12. The molecular weight excluding hydrogens is 420 g/mol. The summed E-state index contributed by atoms with van der Waals surface area (Å²) in [5, 5.41) is 3.79. The first-order chi connectivity index (χ1) is 13.6. The molecule has 0 aliphatic carbocycles. The third kappa shape index (κ3) is 3.92. The van der Waals surface area contributed by atoms with Crippen LogP contribution >= 0.6 is 15.9 Å². The van der Waals surface area contributed by atoms with Crippen molar-refractivity contribution in [3.05, 3.63) is 88.4 Å². The SMILES string of the molecule is Cc1c(C(=O)Nc2cccc(OCc3cccnc3)c2)oc2ccc(Br)cc12. The van der Waals surface area contributed by atoms with Gasteiger partial charge in [0, 0.05) is 45.1 Å². The Morgan fingerprint density at radius 3 is 2.89 bits per heavy atom. The minimum atomic E-state index is -0.297. The van der Waals surface area contributed by atoms with E-state index in [1.807, 2.05) is 55.5 Å². The number of ether oxygens (including phenoxy) is 1. The molecule has 0 aliphatic heterocycles. The van der Waals surface area contributed by atoms with Crippen LogP contribution < -0.4 is 10.1 Å². The van der Waals surface area contributed by atoms with E-state index in [0.29, 0.717) is 29.4 Å². The predicted molar refractivity (Wildman–Crippen MR) is 112 cm³/mol. The Hall–Kier alpha value is -3.12. The zero-order chi connectivity index (χ0) is 19.5. The van der Waals surface area contributed by atoms with Crippen molar-refractivity contribution in [1.82, 2.24) is 4.98 Å². The second kappa shape index (κ2) is 7.86. The monoisotopic (exact) mass is 436 g/mol. The molecule has 0 fully saturated rings. The molecule has 5 nitrogen and oxygen atoms in total. The van der Waals surface area contributed by atoms with Gasteiger partial charge in [-0.1, -0.05) is 28.1 Å². The number of carbonyl (C=O) groups excluding carboxylic acids is 1. The average Bonchev–Trinajstić information content (AvgIpc) is 3.04. The van der Waals surface area contributed by atoms with Gasteiger partial charge < -0.3 is 14.5 Å². The molecule has 4 rings (SSSR count). The van der Waals surface area contributed by atoms with Crippen molar-refractivity contribution in [3.63, 3.8) is 0 Å². The fourth-order valence-corrected chi connectivity index (χ4v) is 3.27. The highest BCUT2D eigenvalue weighted by Crippen LogP contribution is 2.29. The lowest BCUT2D eigenvalue weighted by Gasteiger charge is -2.09. The fraction of sp³-hybridized carbons (Fsp3) is 0.0909. The zero-order valence-electron chi connectivity index (χ0n) is 15.1. The lowest BCUT2D eigenvalue weighted by atomic mass is 10.1. The van der Waals surface area contributed by atoms with Gasteiger partial charge in [0.05, 0.1) is 0 Å². The number of aryl methyl sites for hydroxylation is 1. The Bertz CT molecular complexity index is 1140. The van der Waals surface area contributed by atoms with Gasteiger partial charge in [-0.2, -0.15) is 0 Å². The highest BCUT2D eigenvalue weighted by atomic mass is 79.9. The second-order valence-electron chi connectivity index (χ2n) is 6.33. The van der Waals surface area contributed by atoms with Crippen LogP contribution in [0.2, 0.25) is 0 Å². The Labute approximate surface area is 170 Å². The highest BCUT2D eigenvalue weighted by Gasteiger charge is 2.18. The molecule has 28 heavy (non-hydrogen) atoms. The number of rotatable bonds is 5. The van der Waals surface area contributed by atoms with Crippen LogP contribution in [0, 0.1) is 6.92 Å². The van der Waals surface area contributed by atoms with Gasteiger partial charge >= 0.3 is 0 Å². The molecule has 2 heterocycles. The minimum Gasteiger partial charge on any atom is -0.489 e. The molecule has 2 aromatic carbocycles. The number of anilines is 1. The number of amides is 1. The van der Waals surface area contributed by atoms with Crippen molar-refractivity contribution in [3.8, 4) is 5.75 Å². The summed E-state index contributed by atoms with van der Waals surface area (Å²) in [6.07, 6.45) is 3.48. The molecule has 0 aliphatic rings. The summed E-state index contributed by atoms with van der Waals surface area (Å²) in [7, 11) is 0. The molecule has 0 bridgehead atoms. The molecule has 0 saturated carbocycles. The van der Waals surface area contributed by atoms with Crippen LogP contribution in [-0.4, -0.2) is 10.9 Å². The van der Waals surface area contributed by atoms with Crippen molar-refractivity contribution in [1.29, 1.82) is 0 Å². The maximum atomic E-state index is 12.7. The molecular formula is C22H17BrN2O3. The van der Waals surface area contributed by atoms with Crippen LogP contribution in [0.3, 0.4) is 0 Å². The smallest absolute Gasteiger partial charge is 0.291 e. The van der Waals surface area contributed by atoms with Gasteiger partial charge in [-0.25, -0.2) is 0 Å². The third-order valence-corrected chi connectivity index (χ3v) is 4.82. The van der Waals surface area contributed by atoms with Gasteiger partial charge in [0.15, 0.2) is 5.76 Å². The van der Waals surface area contributed by atoms with Crippen LogP contribution in [0.15, 0.2) is 75.9 Å². The standard InChI is InChI=1S/C22H17BrN2O3/c1-14-19-10-16(23)7-8-20(19)28-21(14)22(26)25-17-5-2-6-18(11-17)27-13-15-4-3-9-24-12-15/h2-12H,13H2,1H3,(H,25,26). The molecule has 1 N–H and O–H groups in total. The maximum Gasteiger partial charge on any atom is 0.291 e. The second-order valence-corrected chi connectivity index (χ2v) is 7.24. The number of hydrogen-bond donors (Lipinski definition) is 1. The molecule has 0 spiro atoms. The van der Waals surface area contributed by atoms with E-state index >= 15 is 0 Å². The van der Waals surface area contributed by atoms with E-state index in [2.05, 4.69) is 26.2 Å². The van der Waals surface area contributed by atoms with E-state index in [4.69, 9.17) is 9.15 Å². The Balaban J connectivity index is 1.50. The maximum absolute atomic E-state index is 12.7. The molecule has 0 radical (unpaired) electrons. The van der Waals surface area contributed by atoms with Crippen LogP contribution in [0.25, 0.3) is 11.0 Å². The van der Waals surface area contributed by atoms with Crippen molar-refractivity contribution < 1.29 is 13.9 Å². The van der Waals surface area contributed by atoms with E-state index in [1.165, 1.54) is 0 Å². The molecule has 2 aromatic heterocycles. The van der Waals surface area contributed by atoms with Gasteiger partial charge in [-0.05, 0) is 43.3 Å². The van der Waals surface area contributed by atoms with Crippen molar-refractivity contribution in [2.45, 2.75) is 13.5 Å². The van der Waals surface area contributed by atoms with E-state index < -0.39 is 0 Å². The first-order valence-electron chi connectivity index (χ1n) is 8.72. The van der Waals surface area contributed by atoms with Crippen molar-refractivity contribution in [2.24, 2.45) is 0 Å². The number of halogens is 1. The number of hydrogen-bond acceptors (Lipinski definition) is 4. The van der Waals surface area contributed by atoms with Crippen LogP contribution in [0.4, 0.5) is 5.69 Å². The summed E-state index contributed by atoms with van der Waals surface area (Å²) >= 11 is 3.45. The van der Waals surface area contributed by atoms with Crippen LogP contribution in [0.1, 0.15) is 21.7 Å². The predicted octanol–water partition coefficient (Wildman–Crippen LogP) is 5.73. The first kappa shape index (κ1) is 18.3. The zero-order valence-corrected chi connectivity index (χ0v) is 16.7. The molecule has 6 heteroatoms. The van der Waals surface area contributed by atoms with Gasteiger partial charge in [0.1, 0.15) is 17.9 Å².